The Morgan fingerprint density at radius 1 is 0.885 bits per heavy atom. The van der Waals surface area contributed by atoms with Crippen LogP contribution in [0.1, 0.15) is 11.1 Å². The summed E-state index contributed by atoms with van der Waals surface area (Å²) in [7, 11) is 1.70. The maximum Gasteiger partial charge on any atom is 0.227 e. The van der Waals surface area contributed by atoms with Crippen LogP contribution in [-0.2, 0) is 0 Å². The highest BCUT2D eigenvalue weighted by molar-refractivity contribution is 6.30. The molecule has 4 heteroatoms. The van der Waals surface area contributed by atoms with Gasteiger partial charge in [0, 0.05) is 10.6 Å². The Labute approximate surface area is 157 Å². The number of fused-ring (bicyclic) bond motifs is 1. The van der Waals surface area contributed by atoms with E-state index in [1.807, 2.05) is 36.4 Å². The van der Waals surface area contributed by atoms with Gasteiger partial charge in [-0.3, -0.25) is 0 Å². The molecular formula is C22H18ClNO2. The summed E-state index contributed by atoms with van der Waals surface area (Å²) in [5.41, 5.74) is 6.88. The third-order valence-corrected chi connectivity index (χ3v) is 4.69. The van der Waals surface area contributed by atoms with Gasteiger partial charge in [-0.25, -0.2) is 4.98 Å². The molecule has 0 radical (unpaired) electrons. The maximum absolute atomic E-state index is 6.07. The minimum atomic E-state index is 0.571. The molecule has 3 nitrogen and oxygen atoms in total. The van der Waals surface area contributed by atoms with Crippen molar-refractivity contribution in [3.63, 3.8) is 0 Å². The largest absolute Gasteiger partial charge is 0.496 e. The Hall–Kier alpha value is -2.78. The lowest BCUT2D eigenvalue weighted by Gasteiger charge is -2.11. The van der Waals surface area contributed by atoms with Crippen LogP contribution in [-0.4, -0.2) is 12.1 Å². The fourth-order valence-corrected chi connectivity index (χ4v) is 3.48. The molecule has 1 heterocycles. The fourth-order valence-electron chi connectivity index (χ4n) is 3.29. The van der Waals surface area contributed by atoms with Gasteiger partial charge in [0.1, 0.15) is 11.3 Å². The van der Waals surface area contributed by atoms with Crippen molar-refractivity contribution in [3.05, 3.63) is 70.7 Å². The molecule has 0 saturated heterocycles. The molecule has 0 unspecified atom stereocenters. The summed E-state index contributed by atoms with van der Waals surface area (Å²) in [6.07, 6.45) is 0. The van der Waals surface area contributed by atoms with E-state index < -0.39 is 0 Å². The van der Waals surface area contributed by atoms with Gasteiger partial charge >= 0.3 is 0 Å². The summed E-state index contributed by atoms with van der Waals surface area (Å²) < 4.78 is 11.4. The zero-order valence-electron chi connectivity index (χ0n) is 14.8. The van der Waals surface area contributed by atoms with E-state index in [0.717, 1.165) is 44.7 Å². The number of aryl methyl sites for hydroxylation is 2. The Morgan fingerprint density at radius 2 is 1.65 bits per heavy atom. The number of methoxy groups -OCH3 is 1. The van der Waals surface area contributed by atoms with E-state index in [4.69, 9.17) is 20.8 Å². The van der Waals surface area contributed by atoms with Crippen molar-refractivity contribution in [1.29, 1.82) is 0 Å². The van der Waals surface area contributed by atoms with Crippen LogP contribution in [0.2, 0.25) is 5.02 Å². The van der Waals surface area contributed by atoms with Gasteiger partial charge in [-0.05, 0) is 78.6 Å². The topological polar surface area (TPSA) is 35.3 Å². The summed E-state index contributed by atoms with van der Waals surface area (Å²) in [4.78, 5) is 4.58. The molecule has 0 atom stereocenters. The molecule has 130 valence electrons. The third kappa shape index (κ3) is 2.95. The predicted molar refractivity (Wildman–Crippen MR) is 106 cm³/mol. The molecule has 0 aliphatic heterocycles. The Kier molecular flexibility index (Phi) is 4.17. The molecule has 0 spiro atoms. The summed E-state index contributed by atoms with van der Waals surface area (Å²) in [6, 6.07) is 17.8. The van der Waals surface area contributed by atoms with Crippen molar-refractivity contribution in [2.24, 2.45) is 0 Å². The lowest BCUT2D eigenvalue weighted by molar-refractivity contribution is 0.408. The third-order valence-electron chi connectivity index (χ3n) is 4.46. The molecule has 4 aromatic rings. The molecule has 4 rings (SSSR count). The predicted octanol–water partition coefficient (Wildman–Crippen LogP) is 6.44. The van der Waals surface area contributed by atoms with Gasteiger partial charge in [0.05, 0.1) is 7.11 Å². The second-order valence-electron chi connectivity index (χ2n) is 6.36. The quantitative estimate of drug-likeness (QED) is 0.420. The van der Waals surface area contributed by atoms with E-state index in [-0.39, 0.29) is 0 Å². The second kappa shape index (κ2) is 6.50. The second-order valence-corrected chi connectivity index (χ2v) is 6.79. The average Bonchev–Trinajstić information content (AvgIpc) is 3.04. The first-order chi connectivity index (χ1) is 12.5. The molecule has 0 bridgehead atoms. The molecule has 0 fully saturated rings. The number of halogens is 1. The van der Waals surface area contributed by atoms with Crippen LogP contribution in [0.4, 0.5) is 0 Å². The summed E-state index contributed by atoms with van der Waals surface area (Å²) in [5.74, 6) is 1.50. The lowest BCUT2D eigenvalue weighted by atomic mass is 9.99. The Bertz CT molecular complexity index is 1090. The minimum absolute atomic E-state index is 0.571. The van der Waals surface area contributed by atoms with E-state index in [0.29, 0.717) is 10.9 Å². The van der Waals surface area contributed by atoms with Crippen LogP contribution in [0, 0.1) is 13.8 Å². The van der Waals surface area contributed by atoms with Gasteiger partial charge in [0.25, 0.3) is 0 Å². The number of rotatable bonds is 3. The molecule has 3 aromatic carbocycles. The first-order valence-electron chi connectivity index (χ1n) is 8.37. The molecule has 0 aliphatic carbocycles. The number of ether oxygens (including phenoxy) is 1. The normalized spacial score (nSPS) is 11.1. The average molecular weight is 364 g/mol. The van der Waals surface area contributed by atoms with Gasteiger partial charge in [-0.15, -0.1) is 0 Å². The van der Waals surface area contributed by atoms with Crippen molar-refractivity contribution in [2.45, 2.75) is 13.8 Å². The highest BCUT2D eigenvalue weighted by Gasteiger charge is 2.11. The van der Waals surface area contributed by atoms with Crippen LogP contribution in [0.5, 0.6) is 5.75 Å². The standard InChI is InChI=1S/C22H18ClNO2/c1-13-9-17(10-14(2)21(13)25-3)15-7-8-19-20(12-15)26-22(24-19)16-5-4-6-18(23)11-16/h4-12H,1-3H3. The van der Waals surface area contributed by atoms with E-state index in [1.165, 1.54) is 0 Å². The molecule has 1 aromatic heterocycles. The van der Waals surface area contributed by atoms with Crippen LogP contribution >= 0.6 is 11.6 Å². The monoisotopic (exact) mass is 363 g/mol. The van der Waals surface area contributed by atoms with Crippen molar-refractivity contribution < 1.29 is 9.15 Å². The van der Waals surface area contributed by atoms with Crippen LogP contribution < -0.4 is 4.74 Å². The van der Waals surface area contributed by atoms with Gasteiger partial charge in [-0.1, -0.05) is 23.7 Å². The fraction of sp³-hybridized carbons (Fsp3) is 0.136. The molecule has 0 saturated carbocycles. The molecule has 0 aliphatic rings. The molecular weight excluding hydrogens is 346 g/mol. The van der Waals surface area contributed by atoms with Gasteiger partial charge in [0.15, 0.2) is 5.58 Å². The van der Waals surface area contributed by atoms with Crippen LogP contribution in [0.3, 0.4) is 0 Å². The Balaban J connectivity index is 1.79. The van der Waals surface area contributed by atoms with Crippen LogP contribution in [0.25, 0.3) is 33.7 Å². The minimum Gasteiger partial charge on any atom is -0.496 e. The lowest BCUT2D eigenvalue weighted by Crippen LogP contribution is -1.92. The Morgan fingerprint density at radius 3 is 2.35 bits per heavy atom. The van der Waals surface area contributed by atoms with Crippen molar-refractivity contribution in [1.82, 2.24) is 4.98 Å². The number of aromatic nitrogens is 1. The first kappa shape index (κ1) is 16.7. The smallest absolute Gasteiger partial charge is 0.227 e. The van der Waals surface area contributed by atoms with E-state index in [9.17, 15) is 0 Å². The van der Waals surface area contributed by atoms with Crippen LogP contribution in [0.15, 0.2) is 59.0 Å². The summed E-state index contributed by atoms with van der Waals surface area (Å²) in [5, 5.41) is 0.662. The zero-order valence-corrected chi connectivity index (χ0v) is 15.6. The number of hydrogen-bond acceptors (Lipinski definition) is 3. The number of benzene rings is 3. The SMILES string of the molecule is COc1c(C)cc(-c2ccc3nc(-c4cccc(Cl)c4)oc3c2)cc1C. The number of nitrogens with zero attached hydrogens (tertiary/aromatic N) is 1. The van der Waals surface area contributed by atoms with Gasteiger partial charge < -0.3 is 9.15 Å². The molecule has 26 heavy (non-hydrogen) atoms. The van der Waals surface area contributed by atoms with E-state index in [1.54, 1.807) is 7.11 Å². The first-order valence-corrected chi connectivity index (χ1v) is 8.75. The maximum atomic E-state index is 6.07. The summed E-state index contributed by atoms with van der Waals surface area (Å²) in [6.45, 7) is 4.11. The highest BCUT2D eigenvalue weighted by Crippen LogP contribution is 2.33. The van der Waals surface area contributed by atoms with Crippen molar-refractivity contribution in [2.75, 3.05) is 7.11 Å². The van der Waals surface area contributed by atoms with E-state index >= 15 is 0 Å². The highest BCUT2D eigenvalue weighted by atomic mass is 35.5. The molecule has 0 N–H and O–H groups in total. The number of oxazole rings is 1. The number of hydrogen-bond donors (Lipinski definition) is 0. The van der Waals surface area contributed by atoms with Gasteiger partial charge in [0.2, 0.25) is 5.89 Å². The zero-order chi connectivity index (χ0) is 18.3. The van der Waals surface area contributed by atoms with E-state index in [2.05, 4.69) is 37.0 Å². The van der Waals surface area contributed by atoms with Gasteiger partial charge in [-0.2, -0.15) is 0 Å². The molecule has 0 amide bonds. The van der Waals surface area contributed by atoms with Crippen molar-refractivity contribution >= 4 is 22.7 Å². The summed E-state index contributed by atoms with van der Waals surface area (Å²) >= 11 is 6.07. The van der Waals surface area contributed by atoms with Crippen molar-refractivity contribution in [3.8, 4) is 28.3 Å².